The molecule has 0 radical (unpaired) electrons. The van der Waals surface area contributed by atoms with Crippen molar-refractivity contribution in [2.24, 2.45) is 0 Å². The Morgan fingerprint density at radius 3 is 0.857 bits per heavy atom. The fraction of sp³-hybridized carbons (Fsp3) is 0.905. The Kier molecular flexibility index (Phi) is 34.9. The van der Waals surface area contributed by atoms with Gasteiger partial charge in [-0.25, -0.2) is 9.59 Å². The van der Waals surface area contributed by atoms with Gasteiger partial charge in [-0.3, -0.25) is 9.59 Å². The van der Waals surface area contributed by atoms with Crippen molar-refractivity contribution >= 4 is 24.0 Å². The molecule has 0 fully saturated rings. The lowest BCUT2D eigenvalue weighted by Crippen LogP contribution is -2.34. The van der Waals surface area contributed by atoms with Gasteiger partial charge in [-0.15, -0.1) is 0 Å². The second kappa shape index (κ2) is 36.6. The number of carbonyl (C=O) groups excluding carboxylic acids is 4. The predicted molar refractivity (Wildman–Crippen MR) is 229 cm³/mol. The van der Waals surface area contributed by atoms with Crippen LogP contribution in [0.3, 0.4) is 0 Å². The van der Waals surface area contributed by atoms with Gasteiger partial charge < -0.3 is 52.0 Å². The summed E-state index contributed by atoms with van der Waals surface area (Å²) in [5, 5.41) is 25.3. The number of hydrogen-bond acceptors (Lipinski definition) is 10. The van der Waals surface area contributed by atoms with E-state index in [0.717, 1.165) is 142 Å². The zero-order valence-electron chi connectivity index (χ0n) is 36.7. The Labute approximate surface area is 341 Å². The van der Waals surface area contributed by atoms with E-state index in [1.807, 2.05) is 41.5 Å². The van der Waals surface area contributed by atoms with Crippen molar-refractivity contribution in [1.29, 1.82) is 0 Å². The molecule has 0 heterocycles. The minimum atomic E-state index is -0.465. The van der Waals surface area contributed by atoms with Crippen LogP contribution < -0.4 is 42.5 Å². The number of amides is 4. The van der Waals surface area contributed by atoms with E-state index >= 15 is 0 Å². The minimum absolute atomic E-state index is 0.159. The number of unbranched alkanes of at least 4 members (excludes halogenated alkanes) is 9. The van der Waals surface area contributed by atoms with Gasteiger partial charge in [-0.1, -0.05) is 38.5 Å². The predicted octanol–water partition coefficient (Wildman–Crippen LogP) is 5.65. The highest BCUT2D eigenvalue weighted by atomic mass is 16.6. The second-order valence-electron chi connectivity index (χ2n) is 16.7. The minimum Gasteiger partial charge on any atom is -0.444 e. The molecule has 0 unspecified atom stereocenters. The Balaban J connectivity index is 3.31. The second-order valence-corrected chi connectivity index (χ2v) is 16.7. The SMILES string of the molecule is CC(C)(C)OC(=O)NCCCNCCCCNCCCNC(=O)CCCCCCCCCCC(=O)NCCCNCCCCNCCCNC(=O)OC(C)(C)C. The van der Waals surface area contributed by atoms with Gasteiger partial charge in [0, 0.05) is 39.0 Å². The number of alkyl carbamates (subject to hydrolysis) is 2. The first kappa shape index (κ1) is 53.3. The monoisotopic (exact) mass is 799 g/mol. The topological polar surface area (TPSA) is 183 Å². The Hall–Kier alpha value is -2.68. The van der Waals surface area contributed by atoms with E-state index in [1.165, 1.54) is 25.7 Å². The molecular weight excluding hydrogens is 713 g/mol. The molecule has 14 heteroatoms. The van der Waals surface area contributed by atoms with Crippen LogP contribution >= 0.6 is 0 Å². The maximum atomic E-state index is 12.1. The lowest BCUT2D eigenvalue weighted by Gasteiger charge is -2.19. The Morgan fingerprint density at radius 1 is 0.321 bits per heavy atom. The van der Waals surface area contributed by atoms with E-state index < -0.39 is 11.2 Å². The fourth-order valence-corrected chi connectivity index (χ4v) is 5.63. The number of nitrogens with one attached hydrogen (secondary N) is 8. The first-order valence-electron chi connectivity index (χ1n) is 22.1. The van der Waals surface area contributed by atoms with Gasteiger partial charge in [0.15, 0.2) is 0 Å². The first-order chi connectivity index (χ1) is 26.8. The largest absolute Gasteiger partial charge is 0.444 e. The molecule has 0 aliphatic carbocycles. The van der Waals surface area contributed by atoms with Crippen LogP contribution in [0.1, 0.15) is 157 Å². The van der Waals surface area contributed by atoms with Crippen LogP contribution in [0, 0.1) is 0 Å². The molecule has 14 nitrogen and oxygen atoms in total. The third kappa shape index (κ3) is 44.0. The van der Waals surface area contributed by atoms with Gasteiger partial charge in [-0.05, 0) is 158 Å². The van der Waals surface area contributed by atoms with Crippen LogP contribution in [0.15, 0.2) is 0 Å². The van der Waals surface area contributed by atoms with Gasteiger partial charge in [0.2, 0.25) is 11.8 Å². The van der Waals surface area contributed by atoms with E-state index in [-0.39, 0.29) is 24.0 Å². The van der Waals surface area contributed by atoms with Crippen LogP contribution in [0.25, 0.3) is 0 Å². The smallest absolute Gasteiger partial charge is 0.407 e. The Bertz CT molecular complexity index is 898. The van der Waals surface area contributed by atoms with Crippen molar-refractivity contribution in [3.63, 3.8) is 0 Å². The van der Waals surface area contributed by atoms with Crippen molar-refractivity contribution in [3.05, 3.63) is 0 Å². The van der Waals surface area contributed by atoms with E-state index in [4.69, 9.17) is 9.47 Å². The third-order valence-electron chi connectivity index (χ3n) is 8.57. The summed E-state index contributed by atoms with van der Waals surface area (Å²) in [5.41, 5.74) is -0.930. The number of carbonyl (C=O) groups is 4. The highest BCUT2D eigenvalue weighted by molar-refractivity contribution is 5.76. The molecule has 0 aliphatic heterocycles. The molecule has 0 spiro atoms. The molecular formula is C42H86N8O6. The highest BCUT2D eigenvalue weighted by Gasteiger charge is 2.16. The van der Waals surface area contributed by atoms with Gasteiger partial charge in [0.1, 0.15) is 11.2 Å². The summed E-state index contributed by atoms with van der Waals surface area (Å²) in [7, 11) is 0. The first-order valence-corrected chi connectivity index (χ1v) is 22.1. The maximum Gasteiger partial charge on any atom is 0.407 e. The maximum absolute atomic E-state index is 12.1. The molecule has 0 aromatic carbocycles. The summed E-state index contributed by atoms with van der Waals surface area (Å²) in [5.74, 6) is 0.318. The van der Waals surface area contributed by atoms with Crippen molar-refractivity contribution in [2.75, 3.05) is 78.5 Å². The highest BCUT2D eigenvalue weighted by Crippen LogP contribution is 2.11. The van der Waals surface area contributed by atoms with Crippen molar-refractivity contribution in [2.45, 2.75) is 168 Å². The van der Waals surface area contributed by atoms with Gasteiger partial charge in [0.05, 0.1) is 0 Å². The van der Waals surface area contributed by atoms with Crippen LogP contribution in [0.2, 0.25) is 0 Å². The van der Waals surface area contributed by atoms with E-state index in [1.54, 1.807) is 0 Å². The van der Waals surface area contributed by atoms with Crippen LogP contribution in [-0.2, 0) is 19.1 Å². The summed E-state index contributed by atoms with van der Waals surface area (Å²) in [4.78, 5) is 47.4. The molecule has 330 valence electrons. The molecule has 0 bridgehead atoms. The molecule has 0 aromatic heterocycles. The van der Waals surface area contributed by atoms with Crippen LogP contribution in [-0.4, -0.2) is 114 Å². The fourth-order valence-electron chi connectivity index (χ4n) is 5.63. The summed E-state index contributed by atoms with van der Waals surface area (Å²) >= 11 is 0. The molecule has 4 amide bonds. The van der Waals surface area contributed by atoms with E-state index in [2.05, 4.69) is 42.5 Å². The lowest BCUT2D eigenvalue weighted by molar-refractivity contribution is -0.122. The van der Waals surface area contributed by atoms with Crippen LogP contribution in [0.4, 0.5) is 9.59 Å². The molecule has 0 saturated carbocycles. The average Bonchev–Trinajstić information content (AvgIpc) is 3.11. The zero-order chi connectivity index (χ0) is 41.6. The van der Waals surface area contributed by atoms with E-state index in [9.17, 15) is 19.2 Å². The zero-order valence-corrected chi connectivity index (χ0v) is 36.7. The quantitative estimate of drug-likeness (QED) is 0.0366. The lowest BCUT2D eigenvalue weighted by atomic mass is 10.1. The van der Waals surface area contributed by atoms with Gasteiger partial charge in [0.25, 0.3) is 0 Å². The van der Waals surface area contributed by atoms with Crippen molar-refractivity contribution < 1.29 is 28.7 Å². The molecule has 0 aromatic rings. The summed E-state index contributed by atoms with van der Waals surface area (Å²) in [6.07, 6.45) is 17.4. The average molecular weight is 799 g/mol. The standard InChI is InChI=1S/C42H86N8O6/c1-41(2,3)55-39(53)49-35-21-31-45-27-17-15-25-43-29-19-33-47-37(51)23-13-11-9-7-8-10-12-14-24-38(52)48-34-20-30-44-26-16-18-28-46-32-22-36-50-40(54)56-42(4,5)6/h43-46H,7-36H2,1-6H3,(H,47,51)(H,48,52)(H,49,53)(H,50,54). The van der Waals surface area contributed by atoms with Crippen molar-refractivity contribution in [1.82, 2.24) is 42.5 Å². The normalized spacial score (nSPS) is 11.6. The third-order valence-corrected chi connectivity index (χ3v) is 8.57. The summed E-state index contributed by atoms with van der Waals surface area (Å²) < 4.78 is 10.4. The van der Waals surface area contributed by atoms with Crippen LogP contribution in [0.5, 0.6) is 0 Å². The molecule has 8 N–H and O–H groups in total. The molecule has 0 aliphatic rings. The summed E-state index contributed by atoms with van der Waals surface area (Å²) in [6, 6.07) is 0. The van der Waals surface area contributed by atoms with Gasteiger partial charge >= 0.3 is 12.2 Å². The molecule has 0 saturated heterocycles. The number of rotatable bonds is 37. The number of hydrogen-bond donors (Lipinski definition) is 8. The molecule has 0 rings (SSSR count). The molecule has 56 heavy (non-hydrogen) atoms. The van der Waals surface area contributed by atoms with Gasteiger partial charge in [-0.2, -0.15) is 0 Å². The molecule has 0 atom stereocenters. The van der Waals surface area contributed by atoms with Crippen molar-refractivity contribution in [3.8, 4) is 0 Å². The summed E-state index contributed by atoms with van der Waals surface area (Å²) in [6.45, 7) is 21.3. The Morgan fingerprint density at radius 2 is 0.571 bits per heavy atom. The van der Waals surface area contributed by atoms with E-state index in [0.29, 0.717) is 25.9 Å². The number of ether oxygens (including phenoxy) is 2.